The van der Waals surface area contributed by atoms with Gasteiger partial charge in [0.15, 0.2) is 0 Å². The Labute approximate surface area is 150 Å². The summed E-state index contributed by atoms with van der Waals surface area (Å²) in [5, 5.41) is 7.31. The molecule has 0 aromatic carbocycles. The number of nitrogens with one attached hydrogen (secondary N) is 3. The third-order valence-corrected chi connectivity index (χ3v) is 3.48. The minimum Gasteiger partial charge on any atom is -0.453 e. The number of alkyl carbamates (subject to hydrolysis) is 2. The second-order valence-corrected chi connectivity index (χ2v) is 5.24. The Morgan fingerprint density at radius 3 is 2.19 bits per heavy atom. The van der Waals surface area contributed by atoms with Crippen LogP contribution in [0.15, 0.2) is 12.2 Å². The first kappa shape index (κ1) is 20.9. The minimum atomic E-state index is -0.915. The average molecular weight is 370 g/mol. The molecule has 11 heteroatoms. The fourth-order valence-corrected chi connectivity index (χ4v) is 2.07. The molecule has 1 rings (SSSR count). The predicted octanol–water partition coefficient (Wildman–Crippen LogP) is -0.764. The van der Waals surface area contributed by atoms with Gasteiger partial charge in [-0.2, -0.15) is 0 Å². The van der Waals surface area contributed by atoms with Gasteiger partial charge in [0.25, 0.3) is 11.8 Å². The molecule has 0 radical (unpaired) electrons. The largest absolute Gasteiger partial charge is 0.453 e. The summed E-state index contributed by atoms with van der Waals surface area (Å²) in [5.41, 5.74) is 0. The number of amides is 5. The quantitative estimate of drug-likeness (QED) is 0.357. The van der Waals surface area contributed by atoms with Crippen LogP contribution in [0.4, 0.5) is 9.59 Å². The van der Waals surface area contributed by atoms with Gasteiger partial charge in [0.2, 0.25) is 5.91 Å². The molecule has 1 atom stereocenters. The molecule has 0 spiro atoms. The van der Waals surface area contributed by atoms with E-state index in [-0.39, 0.29) is 13.1 Å². The van der Waals surface area contributed by atoms with Crippen LogP contribution in [0.3, 0.4) is 0 Å². The smallest absolute Gasteiger partial charge is 0.407 e. The standard InChI is InChI=1S/C15H22N4O7/c1-25-14(23)16-8-4-3-5-10(18-15(24)26-2)13(22)17-9-19-11(20)6-7-12(19)21/h6-7,10H,3-5,8-9H2,1-2H3,(H,16,23)(H,17,22)(H,18,24). The first-order valence-corrected chi connectivity index (χ1v) is 7.86. The van der Waals surface area contributed by atoms with E-state index in [0.29, 0.717) is 19.4 Å². The Hall–Kier alpha value is -3.11. The molecule has 5 amide bonds. The van der Waals surface area contributed by atoms with Gasteiger partial charge in [-0.3, -0.25) is 19.3 Å². The Bertz CT molecular complexity index is 573. The molecule has 1 unspecified atom stereocenters. The molecule has 144 valence electrons. The molecule has 3 N–H and O–H groups in total. The summed E-state index contributed by atoms with van der Waals surface area (Å²) in [6, 6.07) is -0.915. The molecule has 0 saturated heterocycles. The van der Waals surface area contributed by atoms with Crippen molar-refractivity contribution in [3.05, 3.63) is 12.2 Å². The third kappa shape index (κ3) is 6.79. The van der Waals surface area contributed by atoms with Gasteiger partial charge in [-0.15, -0.1) is 0 Å². The number of ether oxygens (including phenoxy) is 2. The van der Waals surface area contributed by atoms with Gasteiger partial charge in [0.05, 0.1) is 14.2 Å². The summed E-state index contributed by atoms with van der Waals surface area (Å²) in [7, 11) is 2.42. The van der Waals surface area contributed by atoms with Gasteiger partial charge in [-0.05, 0) is 19.3 Å². The van der Waals surface area contributed by atoms with Crippen molar-refractivity contribution in [3.8, 4) is 0 Å². The zero-order valence-corrected chi connectivity index (χ0v) is 14.6. The summed E-state index contributed by atoms with van der Waals surface area (Å²) in [6.45, 7) is 0.0500. The van der Waals surface area contributed by atoms with Crippen molar-refractivity contribution in [2.24, 2.45) is 0 Å². The van der Waals surface area contributed by atoms with E-state index < -0.39 is 35.9 Å². The summed E-state index contributed by atoms with van der Waals surface area (Å²) in [5.74, 6) is -1.62. The molecule has 0 bridgehead atoms. The van der Waals surface area contributed by atoms with Crippen LogP contribution in [0.25, 0.3) is 0 Å². The molecule has 0 saturated carbocycles. The molecule has 1 aliphatic rings. The number of carbonyl (C=O) groups is 5. The highest BCUT2D eigenvalue weighted by Gasteiger charge is 2.26. The highest BCUT2D eigenvalue weighted by atomic mass is 16.5. The Kier molecular flexibility index (Phi) is 8.61. The van der Waals surface area contributed by atoms with Crippen LogP contribution in [-0.4, -0.2) is 68.3 Å². The van der Waals surface area contributed by atoms with E-state index in [1.165, 1.54) is 7.11 Å². The zero-order chi connectivity index (χ0) is 19.5. The molecule has 0 aromatic heterocycles. The number of unbranched alkanes of at least 4 members (excludes halogenated alkanes) is 1. The molecule has 1 aliphatic heterocycles. The van der Waals surface area contributed by atoms with Crippen LogP contribution in [0, 0.1) is 0 Å². The van der Waals surface area contributed by atoms with Gasteiger partial charge in [0.1, 0.15) is 12.7 Å². The monoisotopic (exact) mass is 370 g/mol. The van der Waals surface area contributed by atoms with E-state index in [2.05, 4.69) is 25.4 Å². The lowest BCUT2D eigenvalue weighted by molar-refractivity contribution is -0.137. The maximum atomic E-state index is 12.2. The first-order valence-electron chi connectivity index (χ1n) is 7.86. The van der Waals surface area contributed by atoms with Crippen LogP contribution in [0.2, 0.25) is 0 Å². The molecular weight excluding hydrogens is 348 g/mol. The van der Waals surface area contributed by atoms with E-state index in [1.54, 1.807) is 0 Å². The average Bonchev–Trinajstić information content (AvgIpc) is 2.95. The van der Waals surface area contributed by atoms with Gasteiger partial charge >= 0.3 is 12.2 Å². The molecule has 26 heavy (non-hydrogen) atoms. The summed E-state index contributed by atoms with van der Waals surface area (Å²) < 4.78 is 8.91. The van der Waals surface area contributed by atoms with E-state index in [9.17, 15) is 24.0 Å². The van der Waals surface area contributed by atoms with Crippen LogP contribution in [0.1, 0.15) is 19.3 Å². The highest BCUT2D eigenvalue weighted by Crippen LogP contribution is 2.04. The van der Waals surface area contributed by atoms with E-state index in [4.69, 9.17) is 0 Å². The maximum absolute atomic E-state index is 12.2. The fraction of sp³-hybridized carbons (Fsp3) is 0.533. The fourth-order valence-electron chi connectivity index (χ4n) is 2.07. The normalized spacial score (nSPS) is 14.0. The van der Waals surface area contributed by atoms with Crippen LogP contribution >= 0.6 is 0 Å². The second-order valence-electron chi connectivity index (χ2n) is 5.24. The lowest BCUT2D eigenvalue weighted by Crippen LogP contribution is -2.50. The highest BCUT2D eigenvalue weighted by molar-refractivity contribution is 6.13. The predicted molar refractivity (Wildman–Crippen MR) is 87.6 cm³/mol. The van der Waals surface area contributed by atoms with Crippen molar-refractivity contribution in [3.63, 3.8) is 0 Å². The number of methoxy groups -OCH3 is 2. The van der Waals surface area contributed by atoms with Gasteiger partial charge in [-0.1, -0.05) is 0 Å². The summed E-state index contributed by atoms with van der Waals surface area (Å²) >= 11 is 0. The molecule has 0 aliphatic carbocycles. The van der Waals surface area contributed by atoms with E-state index in [0.717, 1.165) is 24.2 Å². The minimum absolute atomic E-state index is 0.268. The van der Waals surface area contributed by atoms with Crippen LogP contribution in [0.5, 0.6) is 0 Å². The Balaban J connectivity index is 2.46. The zero-order valence-electron chi connectivity index (χ0n) is 14.6. The van der Waals surface area contributed by atoms with Crippen LogP contribution in [-0.2, 0) is 23.9 Å². The van der Waals surface area contributed by atoms with Gasteiger partial charge in [0, 0.05) is 18.7 Å². The van der Waals surface area contributed by atoms with Crippen LogP contribution < -0.4 is 16.0 Å². The topological polar surface area (TPSA) is 143 Å². The Morgan fingerprint density at radius 2 is 1.62 bits per heavy atom. The van der Waals surface area contributed by atoms with E-state index in [1.807, 2.05) is 0 Å². The van der Waals surface area contributed by atoms with Crippen molar-refractivity contribution in [2.75, 3.05) is 27.4 Å². The summed E-state index contributed by atoms with van der Waals surface area (Å²) in [6.07, 6.45) is 2.20. The number of carbonyl (C=O) groups excluding carboxylic acids is 5. The van der Waals surface area contributed by atoms with Crippen molar-refractivity contribution >= 4 is 29.9 Å². The molecule has 0 aromatic rings. The van der Waals surface area contributed by atoms with Gasteiger partial charge in [-0.25, -0.2) is 9.59 Å². The van der Waals surface area contributed by atoms with Crippen molar-refractivity contribution < 1.29 is 33.4 Å². The third-order valence-electron chi connectivity index (χ3n) is 3.48. The number of rotatable bonds is 9. The molecule has 1 heterocycles. The van der Waals surface area contributed by atoms with E-state index >= 15 is 0 Å². The molecular formula is C15H22N4O7. The second kappa shape index (κ2) is 10.7. The Morgan fingerprint density at radius 1 is 1.00 bits per heavy atom. The maximum Gasteiger partial charge on any atom is 0.407 e. The van der Waals surface area contributed by atoms with Crippen molar-refractivity contribution in [2.45, 2.75) is 25.3 Å². The molecule has 0 fully saturated rings. The van der Waals surface area contributed by atoms with Gasteiger partial charge < -0.3 is 25.4 Å². The number of imide groups is 1. The number of hydrogen-bond donors (Lipinski definition) is 3. The lowest BCUT2D eigenvalue weighted by Gasteiger charge is -2.20. The number of hydrogen-bond acceptors (Lipinski definition) is 7. The summed E-state index contributed by atoms with van der Waals surface area (Å²) in [4.78, 5) is 58.3. The van der Waals surface area contributed by atoms with Crippen molar-refractivity contribution in [1.29, 1.82) is 0 Å². The SMILES string of the molecule is COC(=O)NCCCCC(NC(=O)OC)C(=O)NCN1C(=O)C=CC1=O. The van der Waals surface area contributed by atoms with Crippen molar-refractivity contribution in [1.82, 2.24) is 20.9 Å². The lowest BCUT2D eigenvalue weighted by atomic mass is 10.1. The first-order chi connectivity index (χ1) is 12.4. The number of nitrogens with zero attached hydrogens (tertiary/aromatic N) is 1. The molecule has 11 nitrogen and oxygen atoms in total.